The number of aromatic nitrogens is 2. The van der Waals surface area contributed by atoms with Gasteiger partial charge in [-0.15, -0.1) is 0 Å². The van der Waals surface area contributed by atoms with Crippen molar-refractivity contribution >= 4 is 6.09 Å². The first kappa shape index (κ1) is 8.77. The topological polar surface area (TPSA) is 44.1 Å². The number of hydrogen-bond acceptors (Lipinski definition) is 3. The number of imidazole rings is 1. The molecule has 0 aliphatic carbocycles. The van der Waals surface area contributed by atoms with Gasteiger partial charge in [-0.05, 0) is 13.3 Å². The largest absolute Gasteiger partial charge is 0.446 e. The first-order valence-electron chi connectivity index (χ1n) is 3.93. The maximum Gasteiger partial charge on any atom is 0.419 e. The lowest BCUT2D eigenvalue weighted by Crippen LogP contribution is -2.18. The minimum atomic E-state index is -0.373. The molecule has 0 fully saturated rings. The lowest BCUT2D eigenvalue weighted by atomic mass is 10.3. The number of rotatable bonds is 2. The Morgan fingerprint density at radius 2 is 2.50 bits per heavy atom. The van der Waals surface area contributed by atoms with Crippen LogP contribution in [0.3, 0.4) is 0 Å². The molecule has 4 nitrogen and oxygen atoms in total. The van der Waals surface area contributed by atoms with E-state index in [0.717, 1.165) is 6.42 Å². The fourth-order valence-electron chi connectivity index (χ4n) is 0.683. The van der Waals surface area contributed by atoms with Crippen LogP contribution < -0.4 is 0 Å². The van der Waals surface area contributed by atoms with Crippen molar-refractivity contribution in [2.75, 3.05) is 0 Å². The minimum absolute atomic E-state index is 0.0418. The Labute approximate surface area is 71.2 Å². The molecule has 0 aliphatic heterocycles. The van der Waals surface area contributed by atoms with Crippen LogP contribution >= 0.6 is 0 Å². The van der Waals surface area contributed by atoms with Crippen molar-refractivity contribution in [3.8, 4) is 0 Å². The summed E-state index contributed by atoms with van der Waals surface area (Å²) in [6.45, 7) is 3.82. The van der Waals surface area contributed by atoms with Gasteiger partial charge in [0.25, 0.3) is 0 Å². The third-order valence-corrected chi connectivity index (χ3v) is 1.59. The monoisotopic (exact) mass is 168 g/mol. The van der Waals surface area contributed by atoms with Crippen LogP contribution in [-0.4, -0.2) is 21.7 Å². The molecule has 1 aromatic rings. The zero-order valence-electron chi connectivity index (χ0n) is 7.23. The van der Waals surface area contributed by atoms with E-state index >= 15 is 0 Å². The zero-order chi connectivity index (χ0) is 8.97. The van der Waals surface area contributed by atoms with Gasteiger partial charge in [0.15, 0.2) is 0 Å². The molecule has 0 amide bonds. The molecule has 0 saturated carbocycles. The van der Waals surface area contributed by atoms with E-state index in [2.05, 4.69) is 4.98 Å². The van der Waals surface area contributed by atoms with Crippen LogP contribution in [-0.2, 0) is 4.74 Å². The van der Waals surface area contributed by atoms with Gasteiger partial charge in [0.05, 0.1) is 0 Å². The van der Waals surface area contributed by atoms with Crippen LogP contribution in [0.15, 0.2) is 18.7 Å². The van der Waals surface area contributed by atoms with Crippen LogP contribution in [0.25, 0.3) is 0 Å². The van der Waals surface area contributed by atoms with E-state index in [-0.39, 0.29) is 12.2 Å². The fourth-order valence-corrected chi connectivity index (χ4v) is 0.683. The molecule has 0 N–H and O–H groups in total. The summed E-state index contributed by atoms with van der Waals surface area (Å²) in [6, 6.07) is 0. The standard InChI is InChI=1S/C8H12N2O2/c1-3-7(2)12-8(11)10-5-4-9-6-10/h4-7H,3H2,1-2H3. The van der Waals surface area contributed by atoms with Crippen molar-refractivity contribution in [1.82, 2.24) is 9.55 Å². The van der Waals surface area contributed by atoms with Crippen LogP contribution in [0.4, 0.5) is 4.79 Å². The third kappa shape index (κ3) is 2.08. The first-order chi connectivity index (χ1) is 5.74. The van der Waals surface area contributed by atoms with E-state index in [0.29, 0.717) is 0 Å². The highest BCUT2D eigenvalue weighted by Crippen LogP contribution is 1.99. The van der Waals surface area contributed by atoms with Crippen LogP contribution in [0.5, 0.6) is 0 Å². The summed E-state index contributed by atoms with van der Waals surface area (Å²) >= 11 is 0. The summed E-state index contributed by atoms with van der Waals surface area (Å²) in [5, 5.41) is 0. The summed E-state index contributed by atoms with van der Waals surface area (Å²) in [6.07, 6.45) is 4.93. The molecule has 0 aliphatic rings. The molecule has 66 valence electrons. The molecule has 1 heterocycles. The van der Waals surface area contributed by atoms with E-state index < -0.39 is 0 Å². The Hall–Kier alpha value is -1.32. The molecule has 0 aromatic carbocycles. The van der Waals surface area contributed by atoms with Crippen LogP contribution in [0.1, 0.15) is 20.3 Å². The third-order valence-electron chi connectivity index (χ3n) is 1.59. The van der Waals surface area contributed by atoms with E-state index in [1.165, 1.54) is 17.1 Å². The molecular formula is C8H12N2O2. The van der Waals surface area contributed by atoms with Crippen molar-refractivity contribution in [3.63, 3.8) is 0 Å². The zero-order valence-corrected chi connectivity index (χ0v) is 7.23. The Balaban J connectivity index is 2.50. The highest BCUT2D eigenvalue weighted by molar-refractivity contribution is 5.70. The normalized spacial score (nSPS) is 12.5. The van der Waals surface area contributed by atoms with Crippen molar-refractivity contribution in [2.24, 2.45) is 0 Å². The second-order valence-corrected chi connectivity index (χ2v) is 2.57. The second kappa shape index (κ2) is 3.90. The van der Waals surface area contributed by atoms with Gasteiger partial charge in [0.1, 0.15) is 12.4 Å². The highest BCUT2D eigenvalue weighted by atomic mass is 16.6. The first-order valence-corrected chi connectivity index (χ1v) is 3.93. The Kier molecular flexibility index (Phi) is 2.85. The quantitative estimate of drug-likeness (QED) is 0.674. The number of ether oxygens (including phenoxy) is 1. The van der Waals surface area contributed by atoms with Crippen LogP contribution in [0, 0.1) is 0 Å². The molecule has 0 saturated heterocycles. The molecule has 1 rings (SSSR count). The Bertz CT molecular complexity index is 244. The van der Waals surface area contributed by atoms with E-state index in [9.17, 15) is 4.79 Å². The maximum atomic E-state index is 11.2. The van der Waals surface area contributed by atoms with E-state index in [1.54, 1.807) is 6.20 Å². The second-order valence-electron chi connectivity index (χ2n) is 2.57. The summed E-state index contributed by atoms with van der Waals surface area (Å²) in [5.41, 5.74) is 0. The van der Waals surface area contributed by atoms with Gasteiger partial charge in [-0.25, -0.2) is 14.3 Å². The summed E-state index contributed by atoms with van der Waals surface area (Å²) < 4.78 is 6.34. The fraction of sp³-hybridized carbons (Fsp3) is 0.500. The van der Waals surface area contributed by atoms with Gasteiger partial charge >= 0.3 is 6.09 Å². The number of carbonyl (C=O) groups excluding carboxylic acids is 1. The van der Waals surface area contributed by atoms with Gasteiger partial charge in [-0.2, -0.15) is 0 Å². The molecule has 12 heavy (non-hydrogen) atoms. The average molecular weight is 168 g/mol. The molecule has 1 unspecified atom stereocenters. The average Bonchev–Trinajstić information content (AvgIpc) is 2.56. The molecule has 0 radical (unpaired) electrons. The maximum absolute atomic E-state index is 11.2. The minimum Gasteiger partial charge on any atom is -0.446 e. The molecule has 0 bridgehead atoms. The predicted octanol–water partition coefficient (Wildman–Crippen LogP) is 1.67. The molecule has 1 aromatic heterocycles. The number of hydrogen-bond donors (Lipinski definition) is 0. The Morgan fingerprint density at radius 1 is 1.75 bits per heavy atom. The van der Waals surface area contributed by atoms with Gasteiger partial charge in [0, 0.05) is 12.4 Å². The van der Waals surface area contributed by atoms with E-state index in [4.69, 9.17) is 4.74 Å². The molecule has 1 atom stereocenters. The lowest BCUT2D eigenvalue weighted by Gasteiger charge is -2.09. The lowest BCUT2D eigenvalue weighted by molar-refractivity contribution is 0.106. The van der Waals surface area contributed by atoms with Gasteiger partial charge in [-0.3, -0.25) is 0 Å². The number of carbonyl (C=O) groups is 1. The smallest absolute Gasteiger partial charge is 0.419 e. The van der Waals surface area contributed by atoms with E-state index in [1.807, 2.05) is 13.8 Å². The highest BCUT2D eigenvalue weighted by Gasteiger charge is 2.08. The summed E-state index contributed by atoms with van der Waals surface area (Å²) in [4.78, 5) is 14.9. The SMILES string of the molecule is CCC(C)OC(=O)n1ccnc1. The molecular weight excluding hydrogens is 156 g/mol. The van der Waals surface area contributed by atoms with Crippen LogP contribution in [0.2, 0.25) is 0 Å². The van der Waals surface area contributed by atoms with Gasteiger partial charge in [-0.1, -0.05) is 6.92 Å². The summed E-state index contributed by atoms with van der Waals surface area (Å²) in [7, 11) is 0. The van der Waals surface area contributed by atoms with Crippen molar-refractivity contribution in [3.05, 3.63) is 18.7 Å². The van der Waals surface area contributed by atoms with Crippen molar-refractivity contribution < 1.29 is 9.53 Å². The molecule has 0 spiro atoms. The van der Waals surface area contributed by atoms with Gasteiger partial charge in [0.2, 0.25) is 0 Å². The predicted molar refractivity (Wildman–Crippen MR) is 43.9 cm³/mol. The molecule has 4 heteroatoms. The van der Waals surface area contributed by atoms with Crippen molar-refractivity contribution in [2.45, 2.75) is 26.4 Å². The van der Waals surface area contributed by atoms with Crippen molar-refractivity contribution in [1.29, 1.82) is 0 Å². The Morgan fingerprint density at radius 3 is 3.00 bits per heavy atom. The summed E-state index contributed by atoms with van der Waals surface area (Å²) in [5.74, 6) is 0. The van der Waals surface area contributed by atoms with Gasteiger partial charge < -0.3 is 4.74 Å². The number of nitrogens with zero attached hydrogens (tertiary/aromatic N) is 2.